The van der Waals surface area contributed by atoms with E-state index in [2.05, 4.69) is 35.8 Å². The molecule has 0 saturated carbocycles. The number of anilines is 2. The Kier molecular flexibility index (Phi) is 7.64. The van der Waals surface area contributed by atoms with Crippen molar-refractivity contribution < 1.29 is 13.9 Å². The van der Waals surface area contributed by atoms with Crippen molar-refractivity contribution in [3.8, 4) is 11.3 Å². The van der Waals surface area contributed by atoms with Crippen LogP contribution in [0.15, 0.2) is 61.1 Å². The number of ether oxygens (including phenoxy) is 1. The van der Waals surface area contributed by atoms with Gasteiger partial charge >= 0.3 is 0 Å². The minimum atomic E-state index is -0.495. The molecule has 2 N–H and O–H groups in total. The van der Waals surface area contributed by atoms with Gasteiger partial charge in [0.15, 0.2) is 0 Å². The first-order valence-electron chi connectivity index (χ1n) is 11.7. The van der Waals surface area contributed by atoms with E-state index in [1.165, 1.54) is 24.5 Å². The Morgan fingerprint density at radius 3 is 2.86 bits per heavy atom. The molecule has 2 aromatic carbocycles. The molecule has 0 aliphatic carbocycles. The van der Waals surface area contributed by atoms with Crippen molar-refractivity contribution in [2.75, 3.05) is 38.2 Å². The lowest BCUT2D eigenvalue weighted by Gasteiger charge is -2.24. The Labute approximate surface area is 217 Å². The number of fused-ring (bicyclic) bond motifs is 1. The van der Waals surface area contributed by atoms with Crippen LogP contribution >= 0.6 is 11.6 Å². The van der Waals surface area contributed by atoms with Gasteiger partial charge in [-0.05, 0) is 30.3 Å². The highest BCUT2D eigenvalue weighted by Gasteiger charge is 2.11. The smallest absolute Gasteiger partial charge is 0.245 e. The number of halogens is 2. The zero-order chi connectivity index (χ0) is 25.6. The van der Waals surface area contributed by atoms with E-state index in [1.807, 2.05) is 24.3 Å². The molecule has 0 unspecified atom stereocenters. The molecule has 5 rings (SSSR count). The van der Waals surface area contributed by atoms with Crippen LogP contribution < -0.4 is 10.6 Å². The monoisotopic (exact) mass is 522 g/mol. The minimum absolute atomic E-state index is 0.0142. The summed E-state index contributed by atoms with van der Waals surface area (Å²) in [5, 5.41) is 15.1. The summed E-state index contributed by atoms with van der Waals surface area (Å²) in [4.78, 5) is 23.0. The number of benzene rings is 2. The van der Waals surface area contributed by atoms with Crippen LogP contribution in [0.1, 0.15) is 0 Å². The highest BCUT2D eigenvalue weighted by molar-refractivity contribution is 6.31. The first kappa shape index (κ1) is 24.8. The van der Waals surface area contributed by atoms with Gasteiger partial charge in [0.2, 0.25) is 5.91 Å². The van der Waals surface area contributed by atoms with Gasteiger partial charge in [0, 0.05) is 42.3 Å². The molecule has 2 aromatic heterocycles. The van der Waals surface area contributed by atoms with E-state index >= 15 is 0 Å². The Morgan fingerprint density at radius 2 is 2.03 bits per heavy atom. The van der Waals surface area contributed by atoms with Crippen LogP contribution in [0, 0.1) is 5.82 Å². The van der Waals surface area contributed by atoms with Crippen LogP contribution in [-0.2, 0) is 16.2 Å². The molecule has 1 aliphatic rings. The Balaban J connectivity index is 1.24. The summed E-state index contributed by atoms with van der Waals surface area (Å²) in [5.74, 6) is -0.159. The van der Waals surface area contributed by atoms with E-state index in [1.54, 1.807) is 16.9 Å². The molecule has 1 saturated heterocycles. The molecule has 37 heavy (non-hydrogen) atoms. The SMILES string of the molecule is O=C(/C=C/CN1CCOCC1)NCn1cc(-c2ccc3ncnc(Nc4ccc(F)c(Cl)c4)c3c2)nn1. The second kappa shape index (κ2) is 11.4. The van der Waals surface area contributed by atoms with Crippen molar-refractivity contribution in [2.45, 2.75) is 6.67 Å². The summed E-state index contributed by atoms with van der Waals surface area (Å²) < 4.78 is 20.4. The molecule has 3 heterocycles. The lowest BCUT2D eigenvalue weighted by molar-refractivity contribution is -0.117. The average molecular weight is 523 g/mol. The lowest BCUT2D eigenvalue weighted by Crippen LogP contribution is -2.36. The van der Waals surface area contributed by atoms with E-state index in [9.17, 15) is 9.18 Å². The van der Waals surface area contributed by atoms with E-state index in [-0.39, 0.29) is 17.6 Å². The third kappa shape index (κ3) is 6.26. The fraction of sp³-hybridized carbons (Fsp3) is 0.240. The number of hydrogen-bond acceptors (Lipinski definition) is 8. The van der Waals surface area contributed by atoms with Gasteiger partial charge in [-0.2, -0.15) is 0 Å². The largest absolute Gasteiger partial charge is 0.379 e. The number of amides is 1. The number of nitrogens with one attached hydrogen (secondary N) is 2. The molecule has 0 bridgehead atoms. The second-order valence-electron chi connectivity index (χ2n) is 8.37. The molecule has 1 aliphatic heterocycles. The molecule has 0 radical (unpaired) electrons. The van der Waals surface area contributed by atoms with Gasteiger partial charge in [-0.3, -0.25) is 9.69 Å². The Morgan fingerprint density at radius 1 is 1.16 bits per heavy atom. The minimum Gasteiger partial charge on any atom is -0.379 e. The molecule has 10 nitrogen and oxygen atoms in total. The average Bonchev–Trinajstić information content (AvgIpc) is 3.39. The third-order valence-corrected chi connectivity index (χ3v) is 6.09. The van der Waals surface area contributed by atoms with Gasteiger partial charge in [-0.15, -0.1) is 5.10 Å². The van der Waals surface area contributed by atoms with Crippen molar-refractivity contribution in [3.63, 3.8) is 0 Å². The first-order chi connectivity index (χ1) is 18.0. The van der Waals surface area contributed by atoms with Gasteiger partial charge in [-0.1, -0.05) is 29.0 Å². The van der Waals surface area contributed by atoms with Gasteiger partial charge in [-0.25, -0.2) is 19.0 Å². The Hall–Kier alpha value is -3.93. The number of carbonyl (C=O) groups is 1. The highest BCUT2D eigenvalue weighted by atomic mass is 35.5. The van der Waals surface area contributed by atoms with Crippen LogP contribution in [0.3, 0.4) is 0 Å². The van der Waals surface area contributed by atoms with Crippen molar-refractivity contribution in [3.05, 3.63) is 71.9 Å². The summed E-state index contributed by atoms with van der Waals surface area (Å²) in [6.07, 6.45) is 6.56. The van der Waals surface area contributed by atoms with Crippen molar-refractivity contribution in [2.24, 2.45) is 0 Å². The number of aromatic nitrogens is 5. The standard InChI is InChI=1S/C25H24ClFN8O2/c26-20-13-18(4-5-21(20)27)31-25-19-12-17(3-6-22(19)28-15-29-25)23-14-35(33-32-23)16-30-24(36)2-1-7-34-8-10-37-11-9-34/h1-6,12-15H,7-11,16H2,(H,30,36)(H,28,29,31)/b2-1+. The van der Waals surface area contributed by atoms with Gasteiger partial charge < -0.3 is 15.4 Å². The molecule has 4 aromatic rings. The molecule has 0 spiro atoms. The fourth-order valence-electron chi connectivity index (χ4n) is 3.84. The maximum Gasteiger partial charge on any atom is 0.245 e. The zero-order valence-corrected chi connectivity index (χ0v) is 20.5. The van der Waals surface area contributed by atoms with Crippen LogP contribution in [0.5, 0.6) is 0 Å². The number of carbonyl (C=O) groups excluding carboxylic acids is 1. The van der Waals surface area contributed by atoms with Gasteiger partial charge in [0.05, 0.1) is 29.9 Å². The number of rotatable bonds is 8. The number of nitrogens with zero attached hydrogens (tertiary/aromatic N) is 6. The van der Waals surface area contributed by atoms with Crippen LogP contribution in [0.25, 0.3) is 22.2 Å². The van der Waals surface area contributed by atoms with E-state index in [0.29, 0.717) is 23.7 Å². The topological polar surface area (TPSA) is 110 Å². The molecule has 1 amide bonds. The van der Waals surface area contributed by atoms with Gasteiger partial charge in [0.1, 0.15) is 30.3 Å². The predicted molar refractivity (Wildman–Crippen MR) is 138 cm³/mol. The summed E-state index contributed by atoms with van der Waals surface area (Å²) in [6.45, 7) is 4.07. The van der Waals surface area contributed by atoms with E-state index < -0.39 is 5.82 Å². The Bertz CT molecular complexity index is 1440. The maximum absolute atomic E-state index is 13.5. The zero-order valence-electron chi connectivity index (χ0n) is 19.8. The quantitative estimate of drug-likeness (QED) is 0.339. The maximum atomic E-state index is 13.5. The summed E-state index contributed by atoms with van der Waals surface area (Å²) in [5.41, 5.74) is 2.74. The molecular formula is C25H24ClFN8O2. The van der Waals surface area contributed by atoms with Gasteiger partial charge in [0.25, 0.3) is 0 Å². The van der Waals surface area contributed by atoms with E-state index in [4.69, 9.17) is 16.3 Å². The number of hydrogen-bond donors (Lipinski definition) is 2. The lowest BCUT2D eigenvalue weighted by atomic mass is 10.1. The molecule has 0 atom stereocenters. The van der Waals surface area contributed by atoms with Crippen LogP contribution in [0.2, 0.25) is 5.02 Å². The predicted octanol–water partition coefficient (Wildman–Crippen LogP) is 3.39. The van der Waals surface area contributed by atoms with Crippen molar-refractivity contribution in [1.29, 1.82) is 0 Å². The van der Waals surface area contributed by atoms with Crippen LogP contribution in [-0.4, -0.2) is 68.6 Å². The molecule has 12 heteroatoms. The first-order valence-corrected chi connectivity index (χ1v) is 12.0. The van der Waals surface area contributed by atoms with Crippen molar-refractivity contribution in [1.82, 2.24) is 35.2 Å². The fourth-order valence-corrected chi connectivity index (χ4v) is 4.03. The van der Waals surface area contributed by atoms with E-state index in [0.717, 1.165) is 42.8 Å². The molecule has 1 fully saturated rings. The highest BCUT2D eigenvalue weighted by Crippen LogP contribution is 2.29. The van der Waals surface area contributed by atoms with Crippen LogP contribution in [0.4, 0.5) is 15.9 Å². The molecule has 190 valence electrons. The normalized spacial score (nSPS) is 14.3. The number of morpholine rings is 1. The summed E-state index contributed by atoms with van der Waals surface area (Å²) >= 11 is 5.91. The second-order valence-corrected chi connectivity index (χ2v) is 8.77. The third-order valence-electron chi connectivity index (χ3n) is 5.80. The molecular weight excluding hydrogens is 499 g/mol. The summed E-state index contributed by atoms with van der Waals surface area (Å²) in [7, 11) is 0. The summed E-state index contributed by atoms with van der Waals surface area (Å²) in [6, 6.07) is 9.99. The van der Waals surface area contributed by atoms with Crippen molar-refractivity contribution >= 4 is 39.9 Å².